The molecule has 0 fully saturated rings. The maximum Gasteiger partial charge on any atom is 0.275 e. The zero-order chi connectivity index (χ0) is 17.8. The number of ether oxygens (including phenoxy) is 1. The predicted molar refractivity (Wildman–Crippen MR) is 91.2 cm³/mol. The number of amides is 1. The lowest BCUT2D eigenvalue weighted by molar-refractivity contribution is 0.0698. The van der Waals surface area contributed by atoms with E-state index in [1.54, 1.807) is 20.2 Å². The molecule has 1 unspecified atom stereocenters. The van der Waals surface area contributed by atoms with E-state index in [0.717, 1.165) is 10.9 Å². The van der Waals surface area contributed by atoms with Gasteiger partial charge in [-0.1, -0.05) is 18.2 Å². The molecular formula is C18H19N3O4. The Morgan fingerprint density at radius 3 is 2.96 bits per heavy atom. The lowest BCUT2D eigenvalue weighted by Gasteiger charge is -2.16. The predicted octanol–water partition coefficient (Wildman–Crippen LogP) is 2.25. The van der Waals surface area contributed by atoms with Crippen molar-refractivity contribution in [3.8, 4) is 5.75 Å². The zero-order valence-electron chi connectivity index (χ0n) is 14.0. The van der Waals surface area contributed by atoms with Crippen LogP contribution in [0.15, 0.2) is 47.2 Å². The van der Waals surface area contributed by atoms with Gasteiger partial charge in [0.05, 0.1) is 6.10 Å². The minimum absolute atomic E-state index is 0.0864. The van der Waals surface area contributed by atoms with Crippen LogP contribution in [0.3, 0.4) is 0 Å². The summed E-state index contributed by atoms with van der Waals surface area (Å²) in [7, 11) is 1.60. The van der Waals surface area contributed by atoms with Gasteiger partial charge >= 0.3 is 0 Å². The molecule has 2 aromatic heterocycles. The molecule has 1 aromatic carbocycles. The van der Waals surface area contributed by atoms with Gasteiger partial charge < -0.3 is 19.2 Å². The van der Waals surface area contributed by atoms with E-state index in [9.17, 15) is 9.90 Å². The van der Waals surface area contributed by atoms with Crippen LogP contribution in [0.1, 0.15) is 23.3 Å². The van der Waals surface area contributed by atoms with E-state index >= 15 is 0 Å². The molecule has 3 aromatic rings. The molecule has 1 amide bonds. The Kier molecular flexibility index (Phi) is 4.95. The van der Waals surface area contributed by atoms with Gasteiger partial charge in [-0.25, -0.2) is 4.98 Å². The summed E-state index contributed by atoms with van der Waals surface area (Å²) in [5.74, 6) is 0.597. The zero-order valence-corrected chi connectivity index (χ0v) is 14.0. The second kappa shape index (κ2) is 7.31. The number of aliphatic hydroxyl groups excluding tert-OH is 1. The molecular weight excluding hydrogens is 322 g/mol. The fourth-order valence-corrected chi connectivity index (χ4v) is 2.48. The molecule has 7 heteroatoms. The van der Waals surface area contributed by atoms with Crippen molar-refractivity contribution in [1.82, 2.24) is 14.9 Å². The van der Waals surface area contributed by atoms with Crippen LogP contribution < -0.4 is 4.74 Å². The van der Waals surface area contributed by atoms with E-state index in [0.29, 0.717) is 11.6 Å². The second-order valence-electron chi connectivity index (χ2n) is 5.78. The van der Waals surface area contributed by atoms with E-state index < -0.39 is 6.10 Å². The lowest BCUT2D eigenvalue weighted by atomic mass is 10.2. The highest BCUT2D eigenvalue weighted by Gasteiger charge is 2.18. The summed E-state index contributed by atoms with van der Waals surface area (Å²) in [6.45, 7) is 1.92. The SMILES string of the molecule is CC(O)CN(C)C(=O)c1coc(COc2cccc3cccnc23)n1. The number of nitrogens with zero attached hydrogens (tertiary/aromatic N) is 3. The number of aliphatic hydroxyl groups is 1. The average molecular weight is 341 g/mol. The number of carbonyl (C=O) groups excluding carboxylic acids is 1. The van der Waals surface area contributed by atoms with Crippen LogP contribution in [0.5, 0.6) is 5.75 Å². The maximum absolute atomic E-state index is 12.2. The molecule has 0 saturated heterocycles. The molecule has 0 aliphatic carbocycles. The molecule has 7 nitrogen and oxygen atoms in total. The van der Waals surface area contributed by atoms with Gasteiger partial charge in [0, 0.05) is 25.2 Å². The van der Waals surface area contributed by atoms with E-state index in [4.69, 9.17) is 9.15 Å². The summed E-state index contributed by atoms with van der Waals surface area (Å²) in [4.78, 5) is 22.0. The van der Waals surface area contributed by atoms with Gasteiger partial charge in [-0.2, -0.15) is 0 Å². The van der Waals surface area contributed by atoms with Gasteiger partial charge in [0.15, 0.2) is 12.3 Å². The molecule has 0 spiro atoms. The summed E-state index contributed by atoms with van der Waals surface area (Å²) < 4.78 is 11.0. The van der Waals surface area contributed by atoms with E-state index in [2.05, 4.69) is 9.97 Å². The normalized spacial score (nSPS) is 12.1. The van der Waals surface area contributed by atoms with Crippen molar-refractivity contribution in [3.05, 3.63) is 54.4 Å². The van der Waals surface area contributed by atoms with Gasteiger partial charge in [-0.3, -0.25) is 9.78 Å². The first-order chi connectivity index (χ1) is 12.0. The number of pyridine rings is 1. The molecule has 0 saturated carbocycles. The Hall–Kier alpha value is -2.93. The van der Waals surface area contributed by atoms with Crippen molar-refractivity contribution >= 4 is 16.8 Å². The number of hydrogen-bond acceptors (Lipinski definition) is 6. The summed E-state index contributed by atoms with van der Waals surface area (Å²) in [6, 6.07) is 9.47. The molecule has 0 aliphatic heterocycles. The van der Waals surface area contributed by atoms with Gasteiger partial charge in [-0.15, -0.1) is 0 Å². The van der Waals surface area contributed by atoms with E-state index in [1.807, 2.05) is 30.3 Å². The Labute approximate surface area is 144 Å². The van der Waals surface area contributed by atoms with Crippen LogP contribution in [0.2, 0.25) is 0 Å². The van der Waals surface area contributed by atoms with Crippen LogP contribution in [-0.2, 0) is 6.61 Å². The molecule has 1 atom stereocenters. The third-order valence-electron chi connectivity index (χ3n) is 3.60. The van der Waals surface area contributed by atoms with Crippen LogP contribution in [0.4, 0.5) is 0 Å². The average Bonchev–Trinajstić information content (AvgIpc) is 3.07. The van der Waals surface area contributed by atoms with Crippen LogP contribution in [0, 0.1) is 0 Å². The molecule has 0 bridgehead atoms. The third-order valence-corrected chi connectivity index (χ3v) is 3.60. The first-order valence-electron chi connectivity index (χ1n) is 7.89. The Morgan fingerprint density at radius 2 is 2.16 bits per heavy atom. The number of rotatable bonds is 6. The number of para-hydroxylation sites is 1. The highest BCUT2D eigenvalue weighted by molar-refractivity contribution is 5.91. The van der Waals surface area contributed by atoms with Crippen molar-refractivity contribution in [2.24, 2.45) is 0 Å². The van der Waals surface area contributed by atoms with Crippen molar-refractivity contribution in [2.75, 3.05) is 13.6 Å². The smallest absolute Gasteiger partial charge is 0.275 e. The number of hydrogen-bond donors (Lipinski definition) is 1. The van der Waals surface area contributed by atoms with Crippen molar-refractivity contribution in [3.63, 3.8) is 0 Å². The van der Waals surface area contributed by atoms with E-state index in [-0.39, 0.29) is 24.8 Å². The lowest BCUT2D eigenvalue weighted by Crippen LogP contribution is -2.33. The fourth-order valence-electron chi connectivity index (χ4n) is 2.48. The first-order valence-corrected chi connectivity index (χ1v) is 7.89. The molecule has 3 rings (SSSR count). The van der Waals surface area contributed by atoms with Crippen molar-refractivity contribution in [1.29, 1.82) is 0 Å². The monoisotopic (exact) mass is 341 g/mol. The molecule has 1 N–H and O–H groups in total. The summed E-state index contributed by atoms with van der Waals surface area (Å²) >= 11 is 0. The standard InChI is InChI=1S/C18H19N3O4/c1-12(22)9-21(2)18(23)14-10-25-16(20-14)11-24-15-7-3-5-13-6-4-8-19-17(13)15/h3-8,10,12,22H,9,11H2,1-2H3. The van der Waals surface area contributed by atoms with Crippen molar-refractivity contribution in [2.45, 2.75) is 19.6 Å². The van der Waals surface area contributed by atoms with Crippen molar-refractivity contribution < 1.29 is 19.1 Å². The fraction of sp³-hybridized carbons (Fsp3) is 0.278. The van der Waals surface area contributed by atoms with Gasteiger partial charge in [0.25, 0.3) is 5.91 Å². The maximum atomic E-state index is 12.2. The first kappa shape index (κ1) is 16.9. The molecule has 0 radical (unpaired) electrons. The summed E-state index contributed by atoms with van der Waals surface area (Å²) in [5, 5.41) is 10.3. The quantitative estimate of drug-likeness (QED) is 0.740. The van der Waals surface area contributed by atoms with Gasteiger partial charge in [0.1, 0.15) is 17.5 Å². The minimum atomic E-state index is -0.609. The third kappa shape index (κ3) is 3.95. The number of aromatic nitrogens is 2. The van der Waals surface area contributed by atoms with Gasteiger partial charge in [-0.05, 0) is 19.1 Å². The van der Waals surface area contributed by atoms with Crippen LogP contribution in [-0.4, -0.2) is 45.6 Å². The Balaban J connectivity index is 1.68. The number of likely N-dealkylation sites (N-methyl/N-ethyl adjacent to an activating group) is 1. The topological polar surface area (TPSA) is 88.7 Å². The number of benzene rings is 1. The van der Waals surface area contributed by atoms with E-state index in [1.165, 1.54) is 11.2 Å². The summed E-state index contributed by atoms with van der Waals surface area (Å²) in [5.41, 5.74) is 0.933. The van der Waals surface area contributed by atoms with Crippen LogP contribution >= 0.6 is 0 Å². The Bertz CT molecular complexity index is 870. The number of fused-ring (bicyclic) bond motifs is 1. The largest absolute Gasteiger partial charge is 0.482 e. The number of carbonyl (C=O) groups is 1. The molecule has 2 heterocycles. The number of oxazole rings is 1. The Morgan fingerprint density at radius 1 is 1.36 bits per heavy atom. The molecule has 0 aliphatic rings. The van der Waals surface area contributed by atoms with Gasteiger partial charge in [0.2, 0.25) is 5.89 Å². The molecule has 130 valence electrons. The highest BCUT2D eigenvalue weighted by Crippen LogP contribution is 2.23. The minimum Gasteiger partial charge on any atom is -0.482 e. The van der Waals surface area contributed by atoms with Crippen LogP contribution in [0.25, 0.3) is 10.9 Å². The highest BCUT2D eigenvalue weighted by atomic mass is 16.5. The second-order valence-corrected chi connectivity index (χ2v) is 5.78. The summed E-state index contributed by atoms with van der Waals surface area (Å²) in [6.07, 6.45) is 2.39. The molecule has 25 heavy (non-hydrogen) atoms.